The fourth-order valence-electron chi connectivity index (χ4n) is 2.34. The zero-order valence-corrected chi connectivity index (χ0v) is 10.4. The Morgan fingerprint density at radius 3 is 2.83 bits per heavy atom. The molecule has 1 fully saturated rings. The second-order valence-corrected chi connectivity index (χ2v) is 4.57. The van der Waals surface area contributed by atoms with Crippen molar-refractivity contribution in [1.29, 1.82) is 0 Å². The number of ether oxygens (including phenoxy) is 1. The number of hydrogen-bond acceptors (Lipinski definition) is 4. The van der Waals surface area contributed by atoms with Gasteiger partial charge in [-0.2, -0.15) is 0 Å². The molecule has 0 saturated carbocycles. The van der Waals surface area contributed by atoms with Crippen molar-refractivity contribution in [2.45, 2.75) is 6.92 Å². The summed E-state index contributed by atoms with van der Waals surface area (Å²) in [5, 5.41) is 10.9. The van der Waals surface area contributed by atoms with E-state index in [2.05, 4.69) is 16.0 Å². The lowest BCUT2D eigenvalue weighted by atomic mass is 10.1. The first-order chi connectivity index (χ1) is 8.75. The van der Waals surface area contributed by atoms with Gasteiger partial charge < -0.3 is 14.7 Å². The Hall–Kier alpha value is -1.81. The summed E-state index contributed by atoms with van der Waals surface area (Å²) >= 11 is 0. The number of nitrogens with zero attached hydrogens (tertiary/aromatic N) is 2. The van der Waals surface area contributed by atoms with Gasteiger partial charge in [-0.25, -0.2) is 4.98 Å². The van der Waals surface area contributed by atoms with Crippen LogP contribution in [0.2, 0.25) is 0 Å². The van der Waals surface area contributed by atoms with E-state index in [1.54, 1.807) is 6.07 Å². The summed E-state index contributed by atoms with van der Waals surface area (Å²) in [5.74, 6) is 1.16. The van der Waals surface area contributed by atoms with Crippen molar-refractivity contribution in [3.63, 3.8) is 0 Å². The molecule has 1 N–H and O–H groups in total. The number of hydrogen-bond donors (Lipinski definition) is 1. The van der Waals surface area contributed by atoms with Crippen molar-refractivity contribution in [2.24, 2.45) is 0 Å². The first-order valence-corrected chi connectivity index (χ1v) is 6.18. The van der Waals surface area contributed by atoms with Gasteiger partial charge in [0, 0.05) is 18.5 Å². The number of morpholine rings is 1. The van der Waals surface area contributed by atoms with Crippen LogP contribution >= 0.6 is 0 Å². The summed E-state index contributed by atoms with van der Waals surface area (Å²) in [6.45, 7) is 5.23. The second-order valence-electron chi connectivity index (χ2n) is 4.57. The molecule has 1 aliphatic heterocycles. The Balaban J connectivity index is 2.11. The van der Waals surface area contributed by atoms with E-state index in [1.807, 2.05) is 19.1 Å². The van der Waals surface area contributed by atoms with Crippen LogP contribution in [0.15, 0.2) is 24.3 Å². The Kier molecular flexibility index (Phi) is 2.80. The van der Waals surface area contributed by atoms with Gasteiger partial charge in [-0.05, 0) is 24.6 Å². The second kappa shape index (κ2) is 4.46. The minimum absolute atomic E-state index is 0.241. The maximum atomic E-state index is 9.91. The van der Waals surface area contributed by atoms with Gasteiger partial charge in [-0.15, -0.1) is 0 Å². The Labute approximate surface area is 106 Å². The number of phenolic OH excluding ortho intramolecular Hbond substituents is 1. The number of anilines is 1. The molecule has 18 heavy (non-hydrogen) atoms. The average Bonchev–Trinajstić information content (AvgIpc) is 2.41. The van der Waals surface area contributed by atoms with Crippen molar-refractivity contribution in [3.05, 3.63) is 29.8 Å². The third-order valence-corrected chi connectivity index (χ3v) is 3.35. The van der Waals surface area contributed by atoms with Gasteiger partial charge in [0.2, 0.25) is 0 Å². The molecule has 0 amide bonds. The van der Waals surface area contributed by atoms with Crippen LogP contribution in [0.4, 0.5) is 5.82 Å². The fraction of sp³-hybridized carbons (Fsp3) is 0.357. The van der Waals surface area contributed by atoms with Gasteiger partial charge in [0.05, 0.1) is 13.2 Å². The van der Waals surface area contributed by atoms with E-state index >= 15 is 0 Å². The molecule has 1 saturated heterocycles. The number of benzene rings is 1. The molecule has 0 bridgehead atoms. The largest absolute Gasteiger partial charge is 0.506 e. The molecule has 2 heterocycles. The quantitative estimate of drug-likeness (QED) is 0.834. The lowest BCUT2D eigenvalue weighted by Crippen LogP contribution is -2.36. The molecule has 1 aliphatic rings. The van der Waals surface area contributed by atoms with E-state index in [-0.39, 0.29) is 5.75 Å². The first-order valence-electron chi connectivity index (χ1n) is 6.18. The molecule has 0 aliphatic carbocycles. The molecular formula is C14H16N2O2. The Bertz CT molecular complexity index is 577. The number of aromatic nitrogens is 1. The maximum Gasteiger partial charge on any atom is 0.141 e. The van der Waals surface area contributed by atoms with Crippen molar-refractivity contribution in [1.82, 2.24) is 4.98 Å². The van der Waals surface area contributed by atoms with Crippen LogP contribution in [-0.2, 0) is 4.74 Å². The first kappa shape index (κ1) is 11.3. The zero-order valence-electron chi connectivity index (χ0n) is 10.4. The summed E-state index contributed by atoms with van der Waals surface area (Å²) < 4.78 is 5.34. The highest BCUT2D eigenvalue weighted by Crippen LogP contribution is 2.28. The minimum atomic E-state index is 0.241. The Morgan fingerprint density at radius 2 is 2.06 bits per heavy atom. The van der Waals surface area contributed by atoms with Crippen LogP contribution in [0.5, 0.6) is 5.75 Å². The van der Waals surface area contributed by atoms with E-state index in [4.69, 9.17) is 4.74 Å². The molecule has 4 heteroatoms. The molecule has 2 aromatic rings. The van der Waals surface area contributed by atoms with E-state index in [1.165, 1.54) is 0 Å². The highest BCUT2D eigenvalue weighted by atomic mass is 16.5. The summed E-state index contributed by atoms with van der Waals surface area (Å²) in [5.41, 5.74) is 1.82. The molecule has 0 unspecified atom stereocenters. The topological polar surface area (TPSA) is 45.6 Å². The summed E-state index contributed by atoms with van der Waals surface area (Å²) in [4.78, 5) is 6.78. The van der Waals surface area contributed by atoms with Crippen molar-refractivity contribution in [2.75, 3.05) is 31.2 Å². The molecule has 1 aromatic heterocycles. The summed E-state index contributed by atoms with van der Waals surface area (Å²) in [6, 6.07) is 7.59. The molecule has 1 aromatic carbocycles. The Morgan fingerprint density at radius 1 is 1.28 bits per heavy atom. The van der Waals surface area contributed by atoms with Gasteiger partial charge in [-0.3, -0.25) is 0 Å². The number of pyridine rings is 1. The fourth-order valence-corrected chi connectivity index (χ4v) is 2.34. The van der Waals surface area contributed by atoms with Crippen LogP contribution in [0.25, 0.3) is 10.9 Å². The zero-order chi connectivity index (χ0) is 12.5. The molecule has 3 rings (SSSR count). The monoisotopic (exact) mass is 244 g/mol. The van der Waals surface area contributed by atoms with Gasteiger partial charge >= 0.3 is 0 Å². The lowest BCUT2D eigenvalue weighted by Gasteiger charge is -2.28. The molecule has 0 spiro atoms. The van der Waals surface area contributed by atoms with E-state index in [0.29, 0.717) is 5.52 Å². The predicted octanol–water partition coefficient (Wildman–Crippen LogP) is 2.09. The number of rotatable bonds is 1. The minimum Gasteiger partial charge on any atom is -0.506 e. The molecule has 4 nitrogen and oxygen atoms in total. The summed E-state index contributed by atoms with van der Waals surface area (Å²) in [6.07, 6.45) is 0. The normalized spacial score (nSPS) is 16.2. The SMILES string of the molecule is Cc1cc(N2CCOCC2)nc2c(O)cccc12. The molecule has 0 radical (unpaired) electrons. The molecule has 94 valence electrons. The number of fused-ring (bicyclic) bond motifs is 1. The highest BCUT2D eigenvalue weighted by molar-refractivity contribution is 5.88. The number of aromatic hydroxyl groups is 1. The smallest absolute Gasteiger partial charge is 0.141 e. The summed E-state index contributed by atoms with van der Waals surface area (Å²) in [7, 11) is 0. The van der Waals surface area contributed by atoms with Crippen molar-refractivity contribution < 1.29 is 9.84 Å². The van der Waals surface area contributed by atoms with Crippen LogP contribution in [0.3, 0.4) is 0 Å². The van der Waals surface area contributed by atoms with E-state index in [9.17, 15) is 5.11 Å². The standard InChI is InChI=1S/C14H16N2O2/c1-10-9-13(16-5-7-18-8-6-16)15-14-11(10)3-2-4-12(14)17/h2-4,9,17H,5-8H2,1H3. The molecule has 0 atom stereocenters. The van der Waals surface area contributed by atoms with Gasteiger partial charge in [0.25, 0.3) is 0 Å². The average molecular weight is 244 g/mol. The molecular weight excluding hydrogens is 228 g/mol. The van der Waals surface area contributed by atoms with Crippen LogP contribution < -0.4 is 4.90 Å². The van der Waals surface area contributed by atoms with Crippen LogP contribution in [0.1, 0.15) is 5.56 Å². The van der Waals surface area contributed by atoms with Gasteiger partial charge in [-0.1, -0.05) is 12.1 Å². The predicted molar refractivity (Wildman–Crippen MR) is 71.2 cm³/mol. The van der Waals surface area contributed by atoms with Gasteiger partial charge in [0.15, 0.2) is 0 Å². The van der Waals surface area contributed by atoms with Crippen molar-refractivity contribution in [3.8, 4) is 5.75 Å². The van der Waals surface area contributed by atoms with E-state index in [0.717, 1.165) is 43.1 Å². The highest BCUT2D eigenvalue weighted by Gasteiger charge is 2.14. The van der Waals surface area contributed by atoms with E-state index < -0.39 is 0 Å². The maximum absolute atomic E-state index is 9.91. The number of para-hydroxylation sites is 1. The van der Waals surface area contributed by atoms with Crippen molar-refractivity contribution >= 4 is 16.7 Å². The number of phenols is 1. The van der Waals surface area contributed by atoms with Gasteiger partial charge in [0.1, 0.15) is 17.1 Å². The third-order valence-electron chi connectivity index (χ3n) is 3.35. The van der Waals surface area contributed by atoms with Crippen LogP contribution in [-0.4, -0.2) is 36.4 Å². The van der Waals surface area contributed by atoms with Crippen LogP contribution in [0, 0.1) is 6.92 Å². The lowest BCUT2D eigenvalue weighted by molar-refractivity contribution is 0.122. The third kappa shape index (κ3) is 1.88. The number of aryl methyl sites for hydroxylation is 1.